The molecule has 3 nitrogen and oxygen atoms in total. The number of ether oxygens (including phenoxy) is 1. The Morgan fingerprint density at radius 2 is 1.80 bits per heavy atom. The van der Waals surface area contributed by atoms with E-state index in [1.807, 2.05) is 30.3 Å². The fourth-order valence-corrected chi connectivity index (χ4v) is 1.30. The van der Waals surface area contributed by atoms with Crippen LogP contribution >= 0.6 is 0 Å². The highest BCUT2D eigenvalue weighted by atomic mass is 16.5. The smallest absolute Gasteiger partial charge is 0.427 e. The van der Waals surface area contributed by atoms with Gasteiger partial charge in [-0.3, -0.25) is 0 Å². The van der Waals surface area contributed by atoms with Crippen LogP contribution in [0.5, 0.6) is 0 Å². The highest BCUT2D eigenvalue weighted by molar-refractivity contribution is 6.40. The van der Waals surface area contributed by atoms with Gasteiger partial charge in [-0.05, 0) is 18.3 Å². The molecule has 0 amide bonds. The van der Waals surface area contributed by atoms with E-state index in [0.717, 1.165) is 12.8 Å². The number of unbranched alkanes of at least 4 members (excludes halogenated alkanes) is 1. The van der Waals surface area contributed by atoms with Gasteiger partial charge < -0.3 is 14.8 Å². The topological polar surface area (TPSA) is 49.7 Å². The second-order valence-electron chi connectivity index (χ2n) is 3.51. The molecule has 0 aliphatic heterocycles. The Labute approximate surface area is 90.9 Å². The Morgan fingerprint density at radius 1 is 1.07 bits per heavy atom. The molecule has 82 valence electrons. The molecule has 1 aromatic rings. The van der Waals surface area contributed by atoms with Gasteiger partial charge >= 0.3 is 7.12 Å². The van der Waals surface area contributed by atoms with Crippen LogP contribution < -0.4 is 0 Å². The summed E-state index contributed by atoms with van der Waals surface area (Å²) in [5.74, 6) is 0. The van der Waals surface area contributed by atoms with Crippen LogP contribution in [0.1, 0.15) is 18.4 Å². The van der Waals surface area contributed by atoms with E-state index < -0.39 is 7.12 Å². The fourth-order valence-electron chi connectivity index (χ4n) is 1.30. The standard InChI is InChI=1S/C11H17BO3/c13-12(14)8-4-5-9-15-10-11-6-2-1-3-7-11/h1-3,6-7,13-14H,4-5,8-10H2. The lowest BCUT2D eigenvalue weighted by atomic mass is 9.84. The molecule has 0 aromatic heterocycles. The van der Waals surface area contributed by atoms with Gasteiger partial charge in [-0.1, -0.05) is 36.8 Å². The molecule has 0 saturated carbocycles. The van der Waals surface area contributed by atoms with Crippen molar-refractivity contribution in [2.75, 3.05) is 6.61 Å². The quantitative estimate of drug-likeness (QED) is 0.526. The van der Waals surface area contributed by atoms with Crippen molar-refractivity contribution in [1.82, 2.24) is 0 Å². The van der Waals surface area contributed by atoms with Crippen LogP contribution in [0.3, 0.4) is 0 Å². The Morgan fingerprint density at radius 3 is 2.47 bits per heavy atom. The van der Waals surface area contributed by atoms with Crippen molar-refractivity contribution < 1.29 is 14.8 Å². The molecule has 0 heterocycles. The van der Waals surface area contributed by atoms with Crippen LogP contribution in [0.4, 0.5) is 0 Å². The Hall–Kier alpha value is -0.835. The summed E-state index contributed by atoms with van der Waals surface area (Å²) in [6.07, 6.45) is 2.08. The van der Waals surface area contributed by atoms with Gasteiger partial charge in [0.05, 0.1) is 6.61 Å². The Bertz CT molecular complexity index is 251. The molecule has 15 heavy (non-hydrogen) atoms. The lowest BCUT2D eigenvalue weighted by Gasteiger charge is -2.04. The maximum atomic E-state index is 8.60. The summed E-state index contributed by atoms with van der Waals surface area (Å²) < 4.78 is 5.44. The zero-order chi connectivity index (χ0) is 10.9. The van der Waals surface area contributed by atoms with Crippen LogP contribution in [-0.2, 0) is 11.3 Å². The molecule has 0 spiro atoms. The minimum atomic E-state index is -1.18. The van der Waals surface area contributed by atoms with Crippen LogP contribution in [0, 0.1) is 0 Å². The average Bonchev–Trinajstić information content (AvgIpc) is 2.24. The zero-order valence-electron chi connectivity index (χ0n) is 8.80. The SMILES string of the molecule is OB(O)CCCCOCc1ccccc1. The van der Waals surface area contributed by atoms with Gasteiger partial charge in [0, 0.05) is 6.61 Å². The van der Waals surface area contributed by atoms with Crippen molar-refractivity contribution in [3.8, 4) is 0 Å². The zero-order valence-corrected chi connectivity index (χ0v) is 8.80. The Kier molecular flexibility index (Phi) is 6.08. The molecule has 0 radical (unpaired) electrons. The first-order valence-electron chi connectivity index (χ1n) is 5.27. The first-order chi connectivity index (χ1) is 7.29. The number of rotatable bonds is 7. The van der Waals surface area contributed by atoms with E-state index in [1.165, 1.54) is 5.56 Å². The maximum Gasteiger partial charge on any atom is 0.451 e. The number of hydrogen-bond acceptors (Lipinski definition) is 3. The Balaban J connectivity index is 1.98. The van der Waals surface area contributed by atoms with Gasteiger partial charge in [0.1, 0.15) is 0 Å². The molecule has 0 aliphatic carbocycles. The summed E-state index contributed by atoms with van der Waals surface area (Å²) in [5.41, 5.74) is 1.17. The van der Waals surface area contributed by atoms with Gasteiger partial charge in [0.2, 0.25) is 0 Å². The molecule has 0 unspecified atom stereocenters. The van der Waals surface area contributed by atoms with Crippen molar-refractivity contribution in [2.45, 2.75) is 25.8 Å². The van der Waals surface area contributed by atoms with Gasteiger partial charge in [-0.15, -0.1) is 0 Å². The van der Waals surface area contributed by atoms with E-state index in [4.69, 9.17) is 14.8 Å². The van der Waals surface area contributed by atoms with Gasteiger partial charge in [0.25, 0.3) is 0 Å². The highest BCUT2D eigenvalue weighted by Crippen LogP contribution is 2.03. The molecule has 1 aromatic carbocycles. The monoisotopic (exact) mass is 208 g/mol. The van der Waals surface area contributed by atoms with E-state index in [1.54, 1.807) is 0 Å². The van der Waals surface area contributed by atoms with E-state index in [-0.39, 0.29) is 0 Å². The average molecular weight is 208 g/mol. The number of hydrogen-bond donors (Lipinski definition) is 2. The summed E-state index contributed by atoms with van der Waals surface area (Å²) in [7, 11) is -1.18. The first-order valence-corrected chi connectivity index (χ1v) is 5.27. The van der Waals surface area contributed by atoms with E-state index in [0.29, 0.717) is 19.5 Å². The predicted molar refractivity (Wildman–Crippen MR) is 60.3 cm³/mol. The fraction of sp³-hybridized carbons (Fsp3) is 0.455. The molecule has 0 fully saturated rings. The maximum absolute atomic E-state index is 8.60. The summed E-state index contributed by atoms with van der Waals surface area (Å²) in [6, 6.07) is 10.0. The van der Waals surface area contributed by atoms with Gasteiger partial charge in [0.15, 0.2) is 0 Å². The summed E-state index contributed by atoms with van der Waals surface area (Å²) >= 11 is 0. The molecule has 0 aliphatic rings. The molecule has 1 rings (SSSR count). The van der Waals surface area contributed by atoms with E-state index in [2.05, 4.69) is 0 Å². The van der Waals surface area contributed by atoms with Crippen molar-refractivity contribution in [3.05, 3.63) is 35.9 Å². The van der Waals surface area contributed by atoms with Gasteiger partial charge in [-0.2, -0.15) is 0 Å². The summed E-state index contributed by atoms with van der Waals surface area (Å²) in [4.78, 5) is 0. The van der Waals surface area contributed by atoms with Crippen LogP contribution in [0.15, 0.2) is 30.3 Å². The molecular weight excluding hydrogens is 191 g/mol. The number of benzene rings is 1. The van der Waals surface area contributed by atoms with Crippen LogP contribution in [-0.4, -0.2) is 23.8 Å². The molecule has 0 saturated heterocycles. The summed E-state index contributed by atoms with van der Waals surface area (Å²) in [5, 5.41) is 17.2. The third kappa shape index (κ3) is 6.28. The van der Waals surface area contributed by atoms with Crippen molar-refractivity contribution in [2.24, 2.45) is 0 Å². The predicted octanol–water partition coefficient (Wildman–Crippen LogP) is 1.46. The van der Waals surface area contributed by atoms with Crippen LogP contribution in [0.2, 0.25) is 6.32 Å². The minimum Gasteiger partial charge on any atom is -0.427 e. The van der Waals surface area contributed by atoms with Crippen LogP contribution in [0.25, 0.3) is 0 Å². The van der Waals surface area contributed by atoms with Crippen molar-refractivity contribution >= 4 is 7.12 Å². The molecular formula is C11H17BO3. The first kappa shape index (κ1) is 12.2. The largest absolute Gasteiger partial charge is 0.451 e. The third-order valence-electron chi connectivity index (χ3n) is 2.11. The minimum absolute atomic E-state index is 0.425. The molecule has 2 N–H and O–H groups in total. The highest BCUT2D eigenvalue weighted by Gasteiger charge is 2.04. The lowest BCUT2D eigenvalue weighted by molar-refractivity contribution is 0.118. The second-order valence-corrected chi connectivity index (χ2v) is 3.51. The molecule has 4 heteroatoms. The second kappa shape index (κ2) is 7.46. The summed E-state index contributed by atoms with van der Waals surface area (Å²) in [6.45, 7) is 1.30. The third-order valence-corrected chi connectivity index (χ3v) is 2.11. The van der Waals surface area contributed by atoms with Gasteiger partial charge in [-0.25, -0.2) is 0 Å². The normalized spacial score (nSPS) is 10.3. The molecule has 0 atom stereocenters. The van der Waals surface area contributed by atoms with E-state index >= 15 is 0 Å². The lowest BCUT2D eigenvalue weighted by Crippen LogP contribution is -2.09. The van der Waals surface area contributed by atoms with E-state index in [9.17, 15) is 0 Å². The molecule has 0 bridgehead atoms. The van der Waals surface area contributed by atoms with Crippen molar-refractivity contribution in [3.63, 3.8) is 0 Å². The van der Waals surface area contributed by atoms with Crippen molar-refractivity contribution in [1.29, 1.82) is 0 Å².